The summed E-state index contributed by atoms with van der Waals surface area (Å²) in [5.74, 6) is -0.112. The lowest BCUT2D eigenvalue weighted by molar-refractivity contribution is 0.408. The smallest absolute Gasteiger partial charge is 0.165 e. The van der Waals surface area contributed by atoms with Crippen molar-refractivity contribution in [3.8, 4) is 11.5 Å². The number of aromatic hydroxyl groups is 2. The van der Waals surface area contributed by atoms with Crippen LogP contribution in [-0.4, -0.2) is 10.2 Å². The minimum atomic E-state index is -0.0722. The van der Waals surface area contributed by atoms with Crippen molar-refractivity contribution in [2.24, 2.45) is 0 Å². The molecule has 0 aliphatic heterocycles. The molecular formula is C14H15BrO2. The van der Waals surface area contributed by atoms with E-state index in [1.54, 1.807) is 6.07 Å². The first-order valence-corrected chi connectivity index (χ1v) is 6.56. The Morgan fingerprint density at radius 1 is 1.12 bits per heavy atom. The number of hydrogen-bond acceptors (Lipinski definition) is 2. The summed E-state index contributed by atoms with van der Waals surface area (Å²) in [7, 11) is 0. The molecule has 0 saturated heterocycles. The Hall–Kier alpha value is -1.22. The molecule has 0 saturated carbocycles. The fourth-order valence-corrected chi connectivity index (χ4v) is 2.58. The van der Waals surface area contributed by atoms with Crippen LogP contribution in [0.15, 0.2) is 28.7 Å². The predicted molar refractivity (Wildman–Crippen MR) is 73.6 cm³/mol. The van der Waals surface area contributed by atoms with Gasteiger partial charge in [0.25, 0.3) is 0 Å². The zero-order chi connectivity index (χ0) is 12.4. The quantitative estimate of drug-likeness (QED) is 0.826. The lowest BCUT2D eigenvalue weighted by Gasteiger charge is -2.08. The third kappa shape index (κ3) is 2.39. The van der Waals surface area contributed by atoms with Crippen LogP contribution in [0.2, 0.25) is 0 Å². The van der Waals surface area contributed by atoms with Crippen molar-refractivity contribution >= 4 is 26.7 Å². The van der Waals surface area contributed by atoms with Gasteiger partial charge in [0.2, 0.25) is 0 Å². The van der Waals surface area contributed by atoms with Crippen LogP contribution in [0.4, 0.5) is 0 Å². The van der Waals surface area contributed by atoms with Crippen molar-refractivity contribution < 1.29 is 10.2 Å². The van der Waals surface area contributed by atoms with Crippen molar-refractivity contribution in [1.29, 1.82) is 0 Å². The molecule has 2 nitrogen and oxygen atoms in total. The molecule has 2 aromatic carbocycles. The molecule has 0 aliphatic carbocycles. The summed E-state index contributed by atoms with van der Waals surface area (Å²) >= 11 is 3.51. The molecule has 0 spiro atoms. The monoisotopic (exact) mass is 294 g/mol. The number of rotatable bonds is 3. The molecule has 2 rings (SSSR count). The molecule has 0 atom stereocenters. The van der Waals surface area contributed by atoms with Crippen molar-refractivity contribution in [1.82, 2.24) is 0 Å². The van der Waals surface area contributed by atoms with Crippen LogP contribution in [0.3, 0.4) is 0 Å². The summed E-state index contributed by atoms with van der Waals surface area (Å²) in [4.78, 5) is 0. The number of fused-ring (bicyclic) bond motifs is 1. The Kier molecular flexibility index (Phi) is 3.57. The van der Waals surface area contributed by atoms with E-state index >= 15 is 0 Å². The van der Waals surface area contributed by atoms with Gasteiger partial charge in [0, 0.05) is 9.86 Å². The molecule has 0 amide bonds. The number of aryl methyl sites for hydroxylation is 1. The topological polar surface area (TPSA) is 40.5 Å². The van der Waals surface area contributed by atoms with Gasteiger partial charge in [-0.1, -0.05) is 29.3 Å². The Morgan fingerprint density at radius 2 is 1.88 bits per heavy atom. The number of halogens is 1. The summed E-state index contributed by atoms with van der Waals surface area (Å²) in [6.45, 7) is 2.15. The third-order valence-electron chi connectivity index (χ3n) is 2.91. The lowest BCUT2D eigenvalue weighted by atomic mass is 10.0. The summed E-state index contributed by atoms with van der Waals surface area (Å²) < 4.78 is 0.955. The van der Waals surface area contributed by atoms with Crippen LogP contribution in [0, 0.1) is 0 Å². The number of hydrogen-bond donors (Lipinski definition) is 2. The molecule has 0 unspecified atom stereocenters. The van der Waals surface area contributed by atoms with E-state index in [-0.39, 0.29) is 11.5 Å². The van der Waals surface area contributed by atoms with Crippen LogP contribution in [0.5, 0.6) is 11.5 Å². The molecule has 90 valence electrons. The van der Waals surface area contributed by atoms with Crippen LogP contribution in [-0.2, 0) is 6.42 Å². The summed E-state index contributed by atoms with van der Waals surface area (Å²) in [5.41, 5.74) is 1.17. The highest BCUT2D eigenvalue weighted by Crippen LogP contribution is 2.37. The maximum absolute atomic E-state index is 9.86. The van der Waals surface area contributed by atoms with E-state index in [1.807, 2.05) is 6.07 Å². The van der Waals surface area contributed by atoms with Crippen LogP contribution < -0.4 is 0 Å². The largest absolute Gasteiger partial charge is 0.504 e. The highest BCUT2D eigenvalue weighted by atomic mass is 79.9. The minimum absolute atomic E-state index is 0.0402. The molecule has 0 aromatic heterocycles. The first-order valence-electron chi connectivity index (χ1n) is 5.76. The molecule has 0 heterocycles. The Balaban J connectivity index is 2.58. The molecule has 17 heavy (non-hydrogen) atoms. The van der Waals surface area contributed by atoms with Gasteiger partial charge >= 0.3 is 0 Å². The van der Waals surface area contributed by atoms with Gasteiger partial charge in [-0.15, -0.1) is 0 Å². The van der Waals surface area contributed by atoms with E-state index in [0.717, 1.165) is 29.1 Å². The van der Waals surface area contributed by atoms with E-state index in [9.17, 15) is 10.2 Å². The van der Waals surface area contributed by atoms with Gasteiger partial charge in [-0.05, 0) is 48.1 Å². The fraction of sp³-hybridized carbons (Fsp3) is 0.286. The molecular weight excluding hydrogens is 280 g/mol. The first kappa shape index (κ1) is 12.2. The van der Waals surface area contributed by atoms with E-state index in [2.05, 4.69) is 28.9 Å². The van der Waals surface area contributed by atoms with Gasteiger partial charge < -0.3 is 10.2 Å². The van der Waals surface area contributed by atoms with Crippen molar-refractivity contribution in [3.63, 3.8) is 0 Å². The Morgan fingerprint density at radius 3 is 2.59 bits per heavy atom. The highest BCUT2D eigenvalue weighted by molar-refractivity contribution is 9.10. The van der Waals surface area contributed by atoms with Gasteiger partial charge in [0.1, 0.15) is 0 Å². The van der Waals surface area contributed by atoms with Crippen molar-refractivity contribution in [3.05, 3.63) is 34.3 Å². The van der Waals surface area contributed by atoms with E-state index in [0.29, 0.717) is 5.39 Å². The van der Waals surface area contributed by atoms with Gasteiger partial charge in [0.05, 0.1) is 0 Å². The zero-order valence-electron chi connectivity index (χ0n) is 9.70. The van der Waals surface area contributed by atoms with Gasteiger partial charge in [0.15, 0.2) is 11.5 Å². The molecule has 0 fully saturated rings. The maximum atomic E-state index is 9.86. The molecule has 2 N–H and O–H groups in total. The summed E-state index contributed by atoms with van der Waals surface area (Å²) in [5, 5.41) is 21.0. The molecule has 2 aromatic rings. The predicted octanol–water partition coefficient (Wildman–Crippen LogP) is 4.36. The van der Waals surface area contributed by atoms with Gasteiger partial charge in [-0.3, -0.25) is 0 Å². The van der Waals surface area contributed by atoms with E-state index in [4.69, 9.17) is 0 Å². The molecule has 0 radical (unpaired) electrons. The normalized spacial score (nSPS) is 10.9. The zero-order valence-corrected chi connectivity index (χ0v) is 11.3. The second-order valence-electron chi connectivity index (χ2n) is 4.21. The Bertz CT molecular complexity index is 549. The molecule has 0 aliphatic rings. The summed E-state index contributed by atoms with van der Waals surface area (Å²) in [6.07, 6.45) is 3.25. The number of phenols is 2. The van der Waals surface area contributed by atoms with E-state index in [1.165, 1.54) is 11.6 Å². The van der Waals surface area contributed by atoms with Crippen LogP contribution in [0.1, 0.15) is 25.3 Å². The summed E-state index contributed by atoms with van der Waals surface area (Å²) in [6, 6.07) is 7.34. The number of unbranched alkanes of at least 4 members (excludes halogenated alkanes) is 1. The number of benzene rings is 2. The van der Waals surface area contributed by atoms with Crippen molar-refractivity contribution in [2.75, 3.05) is 0 Å². The maximum Gasteiger partial charge on any atom is 0.165 e. The SMILES string of the molecule is CCCCc1cc(Br)c2ccc(O)c(O)c2c1. The number of phenolic OH excluding ortho intramolecular Hbond substituents is 2. The Labute approximate surface area is 109 Å². The minimum Gasteiger partial charge on any atom is -0.504 e. The first-order chi connectivity index (χ1) is 8.13. The van der Waals surface area contributed by atoms with Gasteiger partial charge in [-0.25, -0.2) is 0 Å². The van der Waals surface area contributed by atoms with Crippen LogP contribution in [0.25, 0.3) is 10.8 Å². The average Bonchev–Trinajstić information content (AvgIpc) is 2.32. The highest BCUT2D eigenvalue weighted by Gasteiger charge is 2.09. The standard InChI is InChI=1S/C14H15BrO2/c1-2-3-4-9-7-11-10(12(15)8-9)5-6-13(16)14(11)17/h5-8,16-17H,2-4H2,1H3. The lowest BCUT2D eigenvalue weighted by Crippen LogP contribution is -1.87. The second-order valence-corrected chi connectivity index (χ2v) is 5.06. The molecule has 3 heteroatoms. The van der Waals surface area contributed by atoms with E-state index < -0.39 is 0 Å². The fourth-order valence-electron chi connectivity index (χ4n) is 1.94. The molecule has 0 bridgehead atoms. The van der Waals surface area contributed by atoms with Crippen LogP contribution >= 0.6 is 15.9 Å². The second kappa shape index (κ2) is 4.96. The van der Waals surface area contributed by atoms with Crippen molar-refractivity contribution in [2.45, 2.75) is 26.2 Å². The average molecular weight is 295 g/mol. The van der Waals surface area contributed by atoms with Gasteiger partial charge in [-0.2, -0.15) is 0 Å². The third-order valence-corrected chi connectivity index (χ3v) is 3.57.